The molecule has 45 heavy (non-hydrogen) atoms. The Labute approximate surface area is 283 Å². The van der Waals surface area contributed by atoms with Crippen molar-refractivity contribution in [2.75, 3.05) is 11.5 Å². The van der Waals surface area contributed by atoms with E-state index in [1.54, 1.807) is 41.3 Å². The van der Waals surface area contributed by atoms with Gasteiger partial charge in [-0.3, -0.25) is 9.69 Å². The van der Waals surface area contributed by atoms with Crippen molar-refractivity contribution in [3.05, 3.63) is 120 Å². The maximum Gasteiger partial charge on any atom is 0.335 e. The Balaban J connectivity index is 1.48. The molecule has 5 rings (SSSR count). The van der Waals surface area contributed by atoms with Crippen molar-refractivity contribution < 1.29 is 24.2 Å². The molecule has 11 heteroatoms. The molecule has 1 heterocycles. The Kier molecular flexibility index (Phi) is 10.2. The number of hydrogen-bond acceptors (Lipinski definition) is 6. The molecule has 0 unspecified atom stereocenters. The van der Waals surface area contributed by atoms with Gasteiger partial charge < -0.3 is 14.6 Å². The van der Waals surface area contributed by atoms with Crippen LogP contribution in [0.4, 0.5) is 11.4 Å². The topological polar surface area (TPSA) is 88.4 Å². The molecule has 0 radical (unpaired) electrons. The van der Waals surface area contributed by atoms with Gasteiger partial charge in [-0.2, -0.15) is 0 Å². The number of hydrogen-bond donors (Lipinski definition) is 1. The molecule has 0 aliphatic carbocycles. The van der Waals surface area contributed by atoms with E-state index in [1.807, 2.05) is 51.1 Å². The van der Waals surface area contributed by atoms with Crippen LogP contribution in [0.25, 0.3) is 6.08 Å². The van der Waals surface area contributed by atoms with E-state index in [0.717, 1.165) is 16.7 Å². The van der Waals surface area contributed by atoms with Crippen LogP contribution < -0.4 is 14.4 Å². The third kappa shape index (κ3) is 7.56. The number of carbonyl (C=O) groups is 2. The summed E-state index contributed by atoms with van der Waals surface area (Å²) in [5.41, 5.74) is 4.74. The van der Waals surface area contributed by atoms with Gasteiger partial charge >= 0.3 is 5.97 Å². The predicted molar refractivity (Wildman–Crippen MR) is 186 cm³/mol. The van der Waals surface area contributed by atoms with Crippen LogP contribution in [-0.4, -0.2) is 28.8 Å². The Morgan fingerprint density at radius 2 is 1.67 bits per heavy atom. The van der Waals surface area contributed by atoms with Crippen LogP contribution in [0.2, 0.25) is 10.0 Å². The summed E-state index contributed by atoms with van der Waals surface area (Å²) in [7, 11) is 0. The zero-order valence-corrected chi connectivity index (χ0v) is 28.4. The number of halogens is 3. The van der Waals surface area contributed by atoms with Crippen molar-refractivity contribution in [2.24, 2.45) is 4.99 Å². The number of amidine groups is 1. The highest BCUT2D eigenvalue weighted by Crippen LogP contribution is 2.42. The minimum atomic E-state index is -0.990. The summed E-state index contributed by atoms with van der Waals surface area (Å²) in [6.45, 7) is 6.27. The van der Waals surface area contributed by atoms with Crippen molar-refractivity contribution in [3.63, 3.8) is 0 Å². The summed E-state index contributed by atoms with van der Waals surface area (Å²) in [6, 6.07) is 21.1. The number of benzene rings is 4. The smallest absolute Gasteiger partial charge is 0.335 e. The van der Waals surface area contributed by atoms with Crippen LogP contribution in [0.3, 0.4) is 0 Å². The Morgan fingerprint density at radius 1 is 0.978 bits per heavy atom. The third-order valence-electron chi connectivity index (χ3n) is 6.81. The number of carboxylic acid groups (broad SMARTS) is 1. The maximum absolute atomic E-state index is 13.9. The SMILES string of the molecule is CCOc1cc(/C=C2/SC(=Nc3ccc(C)c(Cl)c3)N(c3ccc(C)c(Cl)c3)C2=O)cc(Br)c1OCc1ccc(C(=O)O)cc1. The van der Waals surface area contributed by atoms with Gasteiger partial charge in [0, 0.05) is 10.0 Å². The van der Waals surface area contributed by atoms with Crippen LogP contribution in [0.5, 0.6) is 11.5 Å². The van der Waals surface area contributed by atoms with Gasteiger partial charge in [0.15, 0.2) is 16.7 Å². The highest BCUT2D eigenvalue weighted by atomic mass is 79.9. The number of carbonyl (C=O) groups excluding carboxylic acids is 1. The molecule has 1 amide bonds. The highest BCUT2D eigenvalue weighted by molar-refractivity contribution is 9.10. The molecule has 4 aromatic rings. The first-order valence-corrected chi connectivity index (χ1v) is 16.2. The van der Waals surface area contributed by atoms with Gasteiger partial charge in [0.05, 0.1) is 32.9 Å². The van der Waals surface area contributed by atoms with Crippen molar-refractivity contribution >= 4 is 85.4 Å². The number of carboxylic acids is 1. The van der Waals surface area contributed by atoms with Crippen molar-refractivity contribution in [1.82, 2.24) is 0 Å². The standard InChI is InChI=1S/C34H27BrCl2N2O5S/c1-4-43-29-14-22(13-26(35)31(29)44-18-21-7-9-23(10-8-21)33(41)42)15-30-32(40)39(25-12-6-20(3)28(37)17-25)34(45-30)38-24-11-5-19(2)27(36)16-24/h5-17H,4,18H2,1-3H3,(H,41,42)/b30-15+,38-34?. The number of aryl methyl sites for hydroxylation is 2. The number of aliphatic imine (C=N–C) groups is 1. The fourth-order valence-electron chi connectivity index (χ4n) is 4.38. The van der Waals surface area contributed by atoms with E-state index in [9.17, 15) is 9.59 Å². The zero-order chi connectivity index (χ0) is 32.2. The van der Waals surface area contributed by atoms with E-state index in [4.69, 9.17) is 42.8 Å². The summed E-state index contributed by atoms with van der Waals surface area (Å²) in [5.74, 6) is -0.268. The molecule has 0 atom stereocenters. The largest absolute Gasteiger partial charge is 0.490 e. The van der Waals surface area contributed by atoms with Crippen LogP contribution in [-0.2, 0) is 11.4 Å². The monoisotopic (exact) mass is 724 g/mol. The number of rotatable bonds is 9. The lowest BCUT2D eigenvalue weighted by Crippen LogP contribution is -2.28. The lowest BCUT2D eigenvalue weighted by atomic mass is 10.1. The van der Waals surface area contributed by atoms with E-state index < -0.39 is 5.97 Å². The Morgan fingerprint density at radius 3 is 2.31 bits per heavy atom. The summed E-state index contributed by atoms with van der Waals surface area (Å²) in [4.78, 5) is 31.8. The molecule has 230 valence electrons. The molecule has 0 spiro atoms. The first kappa shape index (κ1) is 32.6. The molecular formula is C34H27BrCl2N2O5S. The van der Waals surface area contributed by atoms with Crippen LogP contribution >= 0.6 is 50.9 Å². The number of anilines is 1. The van der Waals surface area contributed by atoms with Crippen LogP contribution in [0.1, 0.15) is 39.5 Å². The molecule has 1 aliphatic rings. The number of nitrogens with zero attached hydrogens (tertiary/aromatic N) is 2. The average Bonchev–Trinajstić information content (AvgIpc) is 3.30. The molecule has 4 aromatic carbocycles. The van der Waals surface area contributed by atoms with Crippen LogP contribution in [0.15, 0.2) is 87.2 Å². The average molecular weight is 726 g/mol. The molecule has 1 fully saturated rings. The fraction of sp³-hybridized carbons (Fsp3) is 0.147. The summed E-state index contributed by atoms with van der Waals surface area (Å²) in [5, 5.41) is 10.7. The lowest BCUT2D eigenvalue weighted by Gasteiger charge is -2.17. The second kappa shape index (κ2) is 14.1. The lowest BCUT2D eigenvalue weighted by molar-refractivity contribution is -0.113. The minimum Gasteiger partial charge on any atom is -0.490 e. The van der Waals surface area contributed by atoms with E-state index in [2.05, 4.69) is 15.9 Å². The zero-order valence-electron chi connectivity index (χ0n) is 24.4. The minimum absolute atomic E-state index is 0.199. The van der Waals surface area contributed by atoms with Gasteiger partial charge in [-0.05, 0) is 125 Å². The molecular weight excluding hydrogens is 699 g/mol. The first-order chi connectivity index (χ1) is 21.5. The third-order valence-corrected chi connectivity index (χ3v) is 9.19. The molecule has 0 saturated carbocycles. The second-order valence-electron chi connectivity index (χ2n) is 10.1. The van der Waals surface area contributed by atoms with Gasteiger partial charge in [0.25, 0.3) is 5.91 Å². The number of amides is 1. The number of ether oxygens (including phenoxy) is 2. The van der Waals surface area contributed by atoms with E-state index >= 15 is 0 Å². The van der Waals surface area contributed by atoms with Crippen molar-refractivity contribution in [3.8, 4) is 11.5 Å². The second-order valence-corrected chi connectivity index (χ2v) is 12.7. The molecule has 0 bridgehead atoms. The molecule has 7 nitrogen and oxygen atoms in total. The summed E-state index contributed by atoms with van der Waals surface area (Å²) in [6.07, 6.45) is 1.78. The fourth-order valence-corrected chi connectivity index (χ4v) is 6.31. The Hall–Kier alpha value is -3.76. The Bertz CT molecular complexity index is 1860. The van der Waals surface area contributed by atoms with Gasteiger partial charge in [-0.25, -0.2) is 9.79 Å². The quantitative estimate of drug-likeness (QED) is 0.173. The maximum atomic E-state index is 13.9. The normalized spacial score (nSPS) is 14.8. The first-order valence-electron chi connectivity index (χ1n) is 13.8. The van der Waals surface area contributed by atoms with E-state index in [0.29, 0.717) is 59.6 Å². The molecule has 1 saturated heterocycles. The van der Waals surface area contributed by atoms with Crippen molar-refractivity contribution in [2.45, 2.75) is 27.4 Å². The molecule has 1 aliphatic heterocycles. The van der Waals surface area contributed by atoms with Gasteiger partial charge in [0.1, 0.15) is 6.61 Å². The summed E-state index contributed by atoms with van der Waals surface area (Å²) < 4.78 is 12.6. The predicted octanol–water partition coefficient (Wildman–Crippen LogP) is 9.86. The number of thioether (sulfide) groups is 1. The highest BCUT2D eigenvalue weighted by Gasteiger charge is 2.35. The van der Waals surface area contributed by atoms with Crippen molar-refractivity contribution in [1.29, 1.82) is 0 Å². The number of aromatic carboxylic acids is 1. The molecule has 1 N–H and O–H groups in total. The van der Waals surface area contributed by atoms with E-state index in [1.165, 1.54) is 23.9 Å². The summed E-state index contributed by atoms with van der Waals surface area (Å²) >= 11 is 17.7. The van der Waals surface area contributed by atoms with Gasteiger partial charge in [-0.1, -0.05) is 47.5 Å². The van der Waals surface area contributed by atoms with Gasteiger partial charge in [0.2, 0.25) is 0 Å². The van der Waals surface area contributed by atoms with E-state index in [-0.39, 0.29) is 18.1 Å². The van der Waals surface area contributed by atoms with Crippen LogP contribution in [0, 0.1) is 13.8 Å². The molecule has 0 aromatic heterocycles. The van der Waals surface area contributed by atoms with Gasteiger partial charge in [-0.15, -0.1) is 0 Å².